The Morgan fingerprint density at radius 3 is 2.12 bits per heavy atom. The zero-order valence-corrected chi connectivity index (χ0v) is 14.7. The predicted molar refractivity (Wildman–Crippen MR) is 89.8 cm³/mol. The van der Waals surface area contributed by atoms with Crippen LogP contribution < -0.4 is 11.2 Å². The van der Waals surface area contributed by atoms with Gasteiger partial charge in [-0.1, -0.05) is 32.0 Å². The van der Waals surface area contributed by atoms with Crippen LogP contribution in [0.25, 0.3) is 0 Å². The van der Waals surface area contributed by atoms with E-state index in [4.69, 9.17) is 10.6 Å². The Hall–Kier alpha value is -2.41. The van der Waals surface area contributed by atoms with Crippen LogP contribution in [0.3, 0.4) is 0 Å². The van der Waals surface area contributed by atoms with E-state index >= 15 is 0 Å². The number of rotatable bonds is 4. The number of imide groups is 1. The van der Waals surface area contributed by atoms with Gasteiger partial charge < -0.3 is 10.1 Å². The second-order valence-corrected chi connectivity index (χ2v) is 6.75. The van der Waals surface area contributed by atoms with Crippen LogP contribution in [-0.2, 0) is 9.53 Å². The highest BCUT2D eigenvalue weighted by Gasteiger charge is 2.32. The van der Waals surface area contributed by atoms with E-state index in [2.05, 4.69) is 5.32 Å². The van der Waals surface area contributed by atoms with Crippen molar-refractivity contribution in [2.24, 2.45) is 11.8 Å². The zero-order valence-electron chi connectivity index (χ0n) is 14.7. The summed E-state index contributed by atoms with van der Waals surface area (Å²) in [6.45, 7) is 8.62. The number of nitrogens with one attached hydrogen (secondary N) is 1. The molecule has 0 saturated heterocycles. The van der Waals surface area contributed by atoms with Gasteiger partial charge in [-0.3, -0.25) is 9.59 Å². The molecule has 0 aliphatic rings. The molecule has 7 nitrogen and oxygen atoms in total. The van der Waals surface area contributed by atoms with E-state index in [0.717, 1.165) is 0 Å². The standard InChI is InChI=1S/C17H25N3O4/c1-11(2)13(19-16(23)24-17(3,4)5)15(22)20(18)14(21)12-9-7-6-8-10-12/h6-11,13H,18H2,1-5H3,(H,19,23)/t13-/m0/s1. The monoisotopic (exact) mass is 335 g/mol. The number of alkyl carbamates (subject to hydrolysis) is 1. The summed E-state index contributed by atoms with van der Waals surface area (Å²) in [7, 11) is 0. The maximum Gasteiger partial charge on any atom is 0.408 e. The number of nitrogens with zero attached hydrogens (tertiary/aromatic N) is 1. The SMILES string of the molecule is CC(C)[C@H](NC(=O)OC(C)(C)C)C(=O)N(N)C(=O)c1ccccc1. The van der Waals surface area contributed by atoms with E-state index in [-0.39, 0.29) is 11.5 Å². The molecule has 1 aromatic rings. The van der Waals surface area contributed by atoms with Crippen LogP contribution in [0, 0.1) is 5.92 Å². The first-order valence-electron chi connectivity index (χ1n) is 7.70. The Morgan fingerprint density at radius 2 is 1.67 bits per heavy atom. The summed E-state index contributed by atoms with van der Waals surface area (Å²) >= 11 is 0. The first-order valence-corrected chi connectivity index (χ1v) is 7.70. The van der Waals surface area contributed by atoms with E-state index in [1.54, 1.807) is 65.0 Å². The molecule has 1 atom stereocenters. The molecule has 0 aliphatic carbocycles. The Bertz CT molecular complexity index is 594. The third kappa shape index (κ3) is 5.66. The van der Waals surface area contributed by atoms with Gasteiger partial charge in [-0.25, -0.2) is 15.6 Å². The highest BCUT2D eigenvalue weighted by molar-refractivity contribution is 6.06. The van der Waals surface area contributed by atoms with Gasteiger partial charge in [0.15, 0.2) is 0 Å². The zero-order chi connectivity index (χ0) is 18.5. The maximum atomic E-state index is 12.5. The van der Waals surface area contributed by atoms with Gasteiger partial charge in [-0.15, -0.1) is 0 Å². The summed E-state index contributed by atoms with van der Waals surface area (Å²) in [6, 6.07) is 7.23. The average molecular weight is 335 g/mol. The molecule has 0 radical (unpaired) electrons. The number of amides is 3. The van der Waals surface area contributed by atoms with Crippen LogP contribution in [0.2, 0.25) is 0 Å². The minimum Gasteiger partial charge on any atom is -0.444 e. The molecule has 0 heterocycles. The Balaban J connectivity index is 2.86. The number of carbonyl (C=O) groups is 3. The summed E-state index contributed by atoms with van der Waals surface area (Å²) < 4.78 is 5.15. The molecule has 0 bridgehead atoms. The average Bonchev–Trinajstić information content (AvgIpc) is 2.49. The van der Waals surface area contributed by atoms with Gasteiger partial charge in [-0.05, 0) is 38.8 Å². The fourth-order valence-electron chi connectivity index (χ4n) is 1.92. The minimum atomic E-state index is -0.975. The van der Waals surface area contributed by atoms with Crippen molar-refractivity contribution < 1.29 is 19.1 Å². The fraction of sp³-hybridized carbons (Fsp3) is 0.471. The maximum absolute atomic E-state index is 12.5. The van der Waals surface area contributed by atoms with E-state index in [1.807, 2.05) is 0 Å². The van der Waals surface area contributed by atoms with Crippen LogP contribution in [0.4, 0.5) is 4.79 Å². The molecule has 3 N–H and O–H groups in total. The smallest absolute Gasteiger partial charge is 0.408 e. The number of carbonyl (C=O) groups excluding carboxylic acids is 3. The minimum absolute atomic E-state index is 0.278. The normalized spacial score (nSPS) is 12.5. The number of benzene rings is 1. The Morgan fingerprint density at radius 1 is 1.12 bits per heavy atom. The highest BCUT2D eigenvalue weighted by atomic mass is 16.6. The van der Waals surface area contributed by atoms with Gasteiger partial charge in [0.1, 0.15) is 11.6 Å². The van der Waals surface area contributed by atoms with Crippen LogP contribution in [0.5, 0.6) is 0 Å². The lowest BCUT2D eigenvalue weighted by molar-refractivity contribution is -0.132. The van der Waals surface area contributed by atoms with Crippen molar-refractivity contribution in [1.29, 1.82) is 0 Å². The van der Waals surface area contributed by atoms with Gasteiger partial charge >= 0.3 is 6.09 Å². The third-order valence-electron chi connectivity index (χ3n) is 3.08. The van der Waals surface area contributed by atoms with Crippen molar-refractivity contribution in [3.63, 3.8) is 0 Å². The summed E-state index contributed by atoms with van der Waals surface area (Å²) in [6.07, 6.45) is -0.741. The van der Waals surface area contributed by atoms with Gasteiger partial charge in [0.2, 0.25) is 0 Å². The van der Waals surface area contributed by atoms with E-state index < -0.39 is 29.6 Å². The number of hydrogen-bond donors (Lipinski definition) is 2. The molecule has 0 aromatic heterocycles. The molecule has 0 aliphatic heterocycles. The summed E-state index contributed by atoms with van der Waals surface area (Å²) in [5, 5.41) is 3.00. The lowest BCUT2D eigenvalue weighted by Gasteiger charge is -2.27. The largest absolute Gasteiger partial charge is 0.444 e. The first-order chi connectivity index (χ1) is 11.0. The molecule has 1 rings (SSSR count). The van der Waals surface area contributed by atoms with Crippen LogP contribution in [-0.4, -0.2) is 34.6 Å². The Kier molecular flexibility index (Phi) is 6.48. The van der Waals surface area contributed by atoms with Crippen molar-refractivity contribution in [3.05, 3.63) is 35.9 Å². The van der Waals surface area contributed by atoms with Crippen LogP contribution in [0.15, 0.2) is 30.3 Å². The molecule has 0 saturated carbocycles. The molecule has 0 fully saturated rings. The number of hydrogen-bond acceptors (Lipinski definition) is 5. The second-order valence-electron chi connectivity index (χ2n) is 6.75. The predicted octanol–water partition coefficient (Wildman–Crippen LogP) is 2.08. The van der Waals surface area contributed by atoms with Gasteiger partial charge in [0.25, 0.3) is 11.8 Å². The fourth-order valence-corrected chi connectivity index (χ4v) is 1.92. The van der Waals surface area contributed by atoms with Gasteiger partial charge in [0, 0.05) is 5.56 Å². The van der Waals surface area contributed by atoms with Crippen molar-refractivity contribution in [2.75, 3.05) is 0 Å². The number of ether oxygens (including phenoxy) is 1. The molecule has 7 heteroatoms. The summed E-state index contributed by atoms with van der Waals surface area (Å²) in [5.74, 6) is 4.05. The number of nitrogens with two attached hydrogens (primary N) is 1. The molecule has 0 spiro atoms. The highest BCUT2D eigenvalue weighted by Crippen LogP contribution is 2.11. The summed E-state index contributed by atoms with van der Waals surface area (Å²) in [4.78, 5) is 36.7. The van der Waals surface area contributed by atoms with Crippen LogP contribution >= 0.6 is 0 Å². The van der Waals surface area contributed by atoms with Crippen molar-refractivity contribution >= 4 is 17.9 Å². The molecule has 1 aromatic carbocycles. The molecule has 132 valence electrons. The molecule has 3 amide bonds. The van der Waals surface area contributed by atoms with Crippen molar-refractivity contribution in [2.45, 2.75) is 46.3 Å². The quantitative estimate of drug-likeness (QED) is 0.498. The third-order valence-corrected chi connectivity index (χ3v) is 3.08. The lowest BCUT2D eigenvalue weighted by Crippen LogP contribution is -2.56. The van der Waals surface area contributed by atoms with E-state index in [9.17, 15) is 14.4 Å². The van der Waals surface area contributed by atoms with Crippen molar-refractivity contribution in [3.8, 4) is 0 Å². The molecular formula is C17H25N3O4. The summed E-state index contributed by atoms with van der Waals surface area (Å²) in [5.41, 5.74) is -0.412. The first kappa shape index (κ1) is 19.6. The van der Waals surface area contributed by atoms with Crippen molar-refractivity contribution in [1.82, 2.24) is 10.3 Å². The molecule has 0 unspecified atom stereocenters. The lowest BCUT2D eigenvalue weighted by atomic mass is 10.0. The van der Waals surface area contributed by atoms with E-state index in [0.29, 0.717) is 5.01 Å². The number of hydrazine groups is 1. The van der Waals surface area contributed by atoms with Crippen LogP contribution in [0.1, 0.15) is 45.0 Å². The molecular weight excluding hydrogens is 310 g/mol. The molecule has 24 heavy (non-hydrogen) atoms. The second kappa shape index (κ2) is 7.92. The Labute approximate surface area is 142 Å². The van der Waals surface area contributed by atoms with Gasteiger partial charge in [0.05, 0.1) is 0 Å². The topological polar surface area (TPSA) is 102 Å². The van der Waals surface area contributed by atoms with Gasteiger partial charge in [-0.2, -0.15) is 0 Å². The van der Waals surface area contributed by atoms with E-state index in [1.165, 1.54) is 0 Å².